The van der Waals surface area contributed by atoms with Crippen molar-refractivity contribution in [1.82, 2.24) is 10.2 Å². The Kier molecular flexibility index (Phi) is 6.44. The largest absolute Gasteiger partial charge is 0.481 e. The number of rotatable bonds is 6. The highest BCUT2D eigenvalue weighted by Crippen LogP contribution is 2.00. The van der Waals surface area contributed by atoms with Gasteiger partial charge in [0.2, 0.25) is 0 Å². The molecule has 0 rings (SSSR count). The van der Waals surface area contributed by atoms with Gasteiger partial charge >= 0.3 is 12.0 Å². The van der Waals surface area contributed by atoms with Gasteiger partial charge in [-0.25, -0.2) is 4.79 Å². The van der Waals surface area contributed by atoms with Crippen LogP contribution in [0.4, 0.5) is 4.79 Å². The Morgan fingerprint density at radius 3 is 2.47 bits per heavy atom. The number of urea groups is 1. The molecule has 0 aliphatic heterocycles. The number of nitrogens with zero attached hydrogens (tertiary/aromatic N) is 1. The number of aliphatic hydroxyl groups excluding tert-OH is 1. The summed E-state index contributed by atoms with van der Waals surface area (Å²) in [6, 6.07) is -0.372. The molecule has 0 aromatic rings. The molecule has 2 amide bonds. The van der Waals surface area contributed by atoms with E-state index < -0.39 is 11.9 Å². The summed E-state index contributed by atoms with van der Waals surface area (Å²) in [5.41, 5.74) is 0. The molecule has 0 bridgehead atoms. The van der Waals surface area contributed by atoms with Crippen molar-refractivity contribution in [2.45, 2.75) is 13.3 Å². The van der Waals surface area contributed by atoms with Gasteiger partial charge in [-0.2, -0.15) is 0 Å². The Hall–Kier alpha value is -1.30. The number of nitrogens with one attached hydrogen (secondary N) is 1. The van der Waals surface area contributed by atoms with Gasteiger partial charge in [-0.3, -0.25) is 4.79 Å². The molecule has 1 unspecified atom stereocenters. The maximum Gasteiger partial charge on any atom is 0.317 e. The molecule has 0 aliphatic carbocycles. The highest BCUT2D eigenvalue weighted by Gasteiger charge is 2.16. The molecule has 88 valence electrons. The average molecular weight is 218 g/mol. The van der Waals surface area contributed by atoms with Crippen LogP contribution in [0, 0.1) is 5.92 Å². The maximum atomic E-state index is 11.3. The molecule has 3 N–H and O–H groups in total. The van der Waals surface area contributed by atoms with E-state index in [1.54, 1.807) is 6.92 Å². The normalized spacial score (nSPS) is 11.9. The molecule has 6 nitrogen and oxygen atoms in total. The van der Waals surface area contributed by atoms with Crippen molar-refractivity contribution in [3.05, 3.63) is 0 Å². The minimum absolute atomic E-state index is 0.111. The average Bonchev–Trinajstić information content (AvgIpc) is 2.18. The first kappa shape index (κ1) is 13.7. The fourth-order valence-electron chi connectivity index (χ4n) is 1.00. The number of aliphatic hydroxyl groups is 1. The lowest BCUT2D eigenvalue weighted by Crippen LogP contribution is -2.41. The van der Waals surface area contributed by atoms with Crippen LogP contribution in [-0.4, -0.2) is 53.9 Å². The minimum atomic E-state index is -0.914. The van der Waals surface area contributed by atoms with Gasteiger partial charge in [-0.15, -0.1) is 0 Å². The predicted molar refractivity (Wildman–Crippen MR) is 54.5 cm³/mol. The summed E-state index contributed by atoms with van der Waals surface area (Å²) in [6.45, 7) is 1.98. The van der Waals surface area contributed by atoms with Gasteiger partial charge in [-0.1, -0.05) is 6.92 Å². The third-order valence-corrected chi connectivity index (χ3v) is 2.12. The van der Waals surface area contributed by atoms with Crippen molar-refractivity contribution < 1.29 is 19.8 Å². The van der Waals surface area contributed by atoms with E-state index in [1.807, 2.05) is 0 Å². The van der Waals surface area contributed by atoms with Gasteiger partial charge in [-0.05, 0) is 6.42 Å². The van der Waals surface area contributed by atoms with E-state index in [0.29, 0.717) is 6.42 Å². The quantitative estimate of drug-likeness (QED) is 0.572. The maximum absolute atomic E-state index is 11.3. The SMILES string of the molecule is CCC(CNC(=O)N(C)CCO)C(=O)O. The Labute approximate surface area is 88.9 Å². The van der Waals surface area contributed by atoms with Gasteiger partial charge in [0.1, 0.15) is 0 Å². The number of hydrogen-bond acceptors (Lipinski definition) is 3. The van der Waals surface area contributed by atoms with Crippen LogP contribution in [0.1, 0.15) is 13.3 Å². The lowest BCUT2D eigenvalue weighted by atomic mass is 10.1. The lowest BCUT2D eigenvalue weighted by molar-refractivity contribution is -0.141. The van der Waals surface area contributed by atoms with Crippen molar-refractivity contribution >= 4 is 12.0 Å². The molecule has 0 radical (unpaired) electrons. The van der Waals surface area contributed by atoms with Crippen LogP contribution < -0.4 is 5.32 Å². The van der Waals surface area contributed by atoms with Crippen molar-refractivity contribution in [3.63, 3.8) is 0 Å². The highest BCUT2D eigenvalue weighted by molar-refractivity contribution is 5.75. The van der Waals surface area contributed by atoms with E-state index in [2.05, 4.69) is 5.32 Å². The second kappa shape index (κ2) is 7.05. The van der Waals surface area contributed by atoms with Crippen molar-refractivity contribution in [2.75, 3.05) is 26.7 Å². The van der Waals surface area contributed by atoms with Gasteiger partial charge in [0.25, 0.3) is 0 Å². The van der Waals surface area contributed by atoms with E-state index in [4.69, 9.17) is 10.2 Å². The fraction of sp³-hybridized carbons (Fsp3) is 0.778. The zero-order valence-electron chi connectivity index (χ0n) is 9.06. The Balaban J connectivity index is 3.92. The van der Waals surface area contributed by atoms with Crippen LogP contribution in [-0.2, 0) is 4.79 Å². The number of carboxylic acids is 1. The Bertz CT molecular complexity index is 220. The van der Waals surface area contributed by atoms with Crippen molar-refractivity contribution in [2.24, 2.45) is 5.92 Å². The molecule has 0 saturated carbocycles. The molecule has 0 saturated heterocycles. The second-order valence-electron chi connectivity index (χ2n) is 3.27. The summed E-state index contributed by atoms with van der Waals surface area (Å²) < 4.78 is 0. The van der Waals surface area contributed by atoms with Crippen molar-refractivity contribution in [1.29, 1.82) is 0 Å². The molecule has 0 fully saturated rings. The van der Waals surface area contributed by atoms with Gasteiger partial charge < -0.3 is 20.4 Å². The molecule has 0 heterocycles. The number of carboxylic acid groups (broad SMARTS) is 1. The summed E-state index contributed by atoms with van der Waals surface area (Å²) in [6.07, 6.45) is 0.472. The molecular formula is C9H18N2O4. The minimum Gasteiger partial charge on any atom is -0.481 e. The molecular weight excluding hydrogens is 200 g/mol. The third-order valence-electron chi connectivity index (χ3n) is 2.12. The van der Waals surface area contributed by atoms with Gasteiger partial charge in [0, 0.05) is 20.1 Å². The van der Waals surface area contributed by atoms with Crippen LogP contribution in [0.2, 0.25) is 0 Å². The molecule has 1 atom stereocenters. The van der Waals surface area contributed by atoms with Crippen LogP contribution in [0.3, 0.4) is 0 Å². The summed E-state index contributed by atoms with van der Waals surface area (Å²) in [4.78, 5) is 23.2. The second-order valence-corrected chi connectivity index (χ2v) is 3.27. The number of amides is 2. The first-order valence-corrected chi connectivity index (χ1v) is 4.85. The van der Waals surface area contributed by atoms with Crippen LogP contribution in [0.5, 0.6) is 0 Å². The first-order chi connectivity index (χ1) is 7.02. The molecule has 0 aromatic carbocycles. The highest BCUT2D eigenvalue weighted by atomic mass is 16.4. The fourth-order valence-corrected chi connectivity index (χ4v) is 1.00. The van der Waals surface area contributed by atoms with Crippen LogP contribution in [0.15, 0.2) is 0 Å². The standard InChI is InChI=1S/C9H18N2O4/c1-3-7(8(13)14)6-10-9(15)11(2)4-5-12/h7,12H,3-6H2,1-2H3,(H,10,15)(H,13,14). The molecule has 15 heavy (non-hydrogen) atoms. The molecule has 0 aliphatic rings. The first-order valence-electron chi connectivity index (χ1n) is 4.85. The number of hydrogen-bond donors (Lipinski definition) is 3. The molecule has 0 aromatic heterocycles. The predicted octanol–water partition coefficient (Wildman–Crippen LogP) is -0.269. The van der Waals surface area contributed by atoms with Crippen LogP contribution >= 0.6 is 0 Å². The van der Waals surface area contributed by atoms with E-state index >= 15 is 0 Å². The van der Waals surface area contributed by atoms with E-state index in [1.165, 1.54) is 11.9 Å². The monoisotopic (exact) mass is 218 g/mol. The van der Waals surface area contributed by atoms with E-state index in [9.17, 15) is 9.59 Å². The lowest BCUT2D eigenvalue weighted by Gasteiger charge is -2.18. The van der Waals surface area contributed by atoms with E-state index in [-0.39, 0.29) is 25.7 Å². The summed E-state index contributed by atoms with van der Waals surface area (Å²) in [5, 5.41) is 19.8. The summed E-state index contributed by atoms with van der Waals surface area (Å²) >= 11 is 0. The molecule has 6 heteroatoms. The van der Waals surface area contributed by atoms with Crippen molar-refractivity contribution in [3.8, 4) is 0 Å². The summed E-state index contributed by atoms with van der Waals surface area (Å²) in [5.74, 6) is -1.47. The zero-order chi connectivity index (χ0) is 11.8. The molecule has 0 spiro atoms. The van der Waals surface area contributed by atoms with Gasteiger partial charge in [0.05, 0.1) is 12.5 Å². The zero-order valence-corrected chi connectivity index (χ0v) is 9.06. The Morgan fingerprint density at radius 1 is 1.47 bits per heavy atom. The van der Waals surface area contributed by atoms with Gasteiger partial charge in [0.15, 0.2) is 0 Å². The number of carbonyl (C=O) groups excluding carboxylic acids is 1. The number of aliphatic carboxylic acids is 1. The number of carbonyl (C=O) groups is 2. The topological polar surface area (TPSA) is 89.9 Å². The Morgan fingerprint density at radius 2 is 2.07 bits per heavy atom. The van der Waals surface area contributed by atoms with Crippen LogP contribution in [0.25, 0.3) is 0 Å². The smallest absolute Gasteiger partial charge is 0.317 e. The third kappa shape index (κ3) is 5.21. The van der Waals surface area contributed by atoms with E-state index in [0.717, 1.165) is 0 Å². The summed E-state index contributed by atoms with van der Waals surface area (Å²) in [7, 11) is 1.53. The number of likely N-dealkylation sites (N-methyl/N-ethyl adjacent to an activating group) is 1.